The molecule has 0 saturated carbocycles. The van der Waals surface area contributed by atoms with E-state index in [1.807, 2.05) is 18.2 Å². The number of halogens is 1. The predicted octanol–water partition coefficient (Wildman–Crippen LogP) is 2.21. The molecule has 1 aromatic rings. The molecule has 16 heavy (non-hydrogen) atoms. The van der Waals surface area contributed by atoms with Crippen molar-refractivity contribution in [3.63, 3.8) is 0 Å². The smallest absolute Gasteiger partial charge is 0.191 e. The topological polar surface area (TPSA) is 36.9 Å². The van der Waals surface area contributed by atoms with E-state index in [-0.39, 0.29) is 6.29 Å². The van der Waals surface area contributed by atoms with Crippen LogP contribution < -0.4 is 9.47 Å². The van der Waals surface area contributed by atoms with Crippen LogP contribution in [-0.4, -0.2) is 33.2 Å². The number of hydrogen-bond donors (Lipinski definition) is 0. The van der Waals surface area contributed by atoms with Crippen molar-refractivity contribution in [3.8, 4) is 11.5 Å². The third-order valence-corrected chi connectivity index (χ3v) is 2.68. The first-order valence-electron chi connectivity index (χ1n) is 4.99. The van der Waals surface area contributed by atoms with E-state index >= 15 is 0 Å². The quantitative estimate of drug-likeness (QED) is 0.851. The van der Waals surface area contributed by atoms with Crippen LogP contribution in [0.3, 0.4) is 0 Å². The summed E-state index contributed by atoms with van der Waals surface area (Å²) in [4.78, 5) is 0. The van der Waals surface area contributed by atoms with Crippen molar-refractivity contribution in [2.45, 2.75) is 6.29 Å². The minimum Gasteiger partial charge on any atom is -0.493 e. The monoisotopic (exact) mass is 288 g/mol. The van der Waals surface area contributed by atoms with Gasteiger partial charge in [0.25, 0.3) is 0 Å². The highest BCUT2D eigenvalue weighted by Crippen LogP contribution is 2.30. The maximum atomic E-state index is 5.59. The fourth-order valence-electron chi connectivity index (χ4n) is 1.42. The molecular formula is C11H13BrO4. The average molecular weight is 289 g/mol. The molecule has 0 atom stereocenters. The normalized spacial score (nSPS) is 16.4. The van der Waals surface area contributed by atoms with Crippen molar-refractivity contribution in [1.29, 1.82) is 0 Å². The zero-order chi connectivity index (χ0) is 11.4. The Bertz CT molecular complexity index is 350. The van der Waals surface area contributed by atoms with Crippen molar-refractivity contribution >= 4 is 15.9 Å². The molecule has 4 nitrogen and oxygen atoms in total. The van der Waals surface area contributed by atoms with Gasteiger partial charge >= 0.3 is 0 Å². The molecule has 0 unspecified atom stereocenters. The first kappa shape index (κ1) is 11.7. The van der Waals surface area contributed by atoms with Gasteiger partial charge in [-0.05, 0) is 18.2 Å². The molecule has 0 bridgehead atoms. The maximum Gasteiger partial charge on any atom is 0.191 e. The standard InChI is InChI=1S/C11H13BrO4/c1-13-9-3-2-8(12)6-10(9)16-7-11-14-4-5-15-11/h2-3,6,11H,4-5,7H2,1H3. The summed E-state index contributed by atoms with van der Waals surface area (Å²) in [6, 6.07) is 5.60. The highest BCUT2D eigenvalue weighted by Gasteiger charge is 2.17. The first-order chi connectivity index (χ1) is 7.79. The summed E-state index contributed by atoms with van der Waals surface area (Å²) in [6.07, 6.45) is -0.274. The molecule has 1 aliphatic rings. The Morgan fingerprint density at radius 3 is 2.75 bits per heavy atom. The van der Waals surface area contributed by atoms with Crippen LogP contribution >= 0.6 is 15.9 Å². The largest absolute Gasteiger partial charge is 0.493 e. The lowest BCUT2D eigenvalue weighted by Crippen LogP contribution is -2.18. The van der Waals surface area contributed by atoms with E-state index in [0.29, 0.717) is 31.3 Å². The number of rotatable bonds is 4. The first-order valence-corrected chi connectivity index (χ1v) is 5.78. The summed E-state index contributed by atoms with van der Waals surface area (Å²) < 4.78 is 22.3. The van der Waals surface area contributed by atoms with E-state index in [0.717, 1.165) is 4.47 Å². The zero-order valence-corrected chi connectivity index (χ0v) is 10.5. The summed E-state index contributed by atoms with van der Waals surface area (Å²) in [7, 11) is 1.61. The second kappa shape index (κ2) is 5.52. The highest BCUT2D eigenvalue weighted by molar-refractivity contribution is 9.10. The number of benzene rings is 1. The van der Waals surface area contributed by atoms with E-state index in [1.165, 1.54) is 0 Å². The minimum absolute atomic E-state index is 0.274. The number of ether oxygens (including phenoxy) is 4. The summed E-state index contributed by atoms with van der Waals surface area (Å²) in [5, 5.41) is 0. The van der Waals surface area contributed by atoms with Crippen molar-refractivity contribution in [2.24, 2.45) is 0 Å². The van der Waals surface area contributed by atoms with E-state index in [1.54, 1.807) is 7.11 Å². The molecule has 1 aromatic carbocycles. The molecule has 1 aliphatic heterocycles. The van der Waals surface area contributed by atoms with Gasteiger partial charge in [-0.2, -0.15) is 0 Å². The number of hydrogen-bond acceptors (Lipinski definition) is 4. The van der Waals surface area contributed by atoms with Crippen molar-refractivity contribution < 1.29 is 18.9 Å². The van der Waals surface area contributed by atoms with Gasteiger partial charge in [-0.3, -0.25) is 0 Å². The van der Waals surface area contributed by atoms with Crippen molar-refractivity contribution in [3.05, 3.63) is 22.7 Å². The molecule has 0 aromatic heterocycles. The predicted molar refractivity (Wildman–Crippen MR) is 61.9 cm³/mol. The summed E-state index contributed by atoms with van der Waals surface area (Å²) >= 11 is 3.38. The second-order valence-electron chi connectivity index (χ2n) is 3.28. The van der Waals surface area contributed by atoms with Crippen LogP contribution in [0.2, 0.25) is 0 Å². The Kier molecular flexibility index (Phi) is 4.04. The molecule has 2 rings (SSSR count). The molecule has 0 N–H and O–H groups in total. The van der Waals surface area contributed by atoms with Crippen molar-refractivity contribution in [2.75, 3.05) is 26.9 Å². The minimum atomic E-state index is -0.274. The van der Waals surface area contributed by atoms with Crippen LogP contribution in [-0.2, 0) is 9.47 Å². The molecule has 0 radical (unpaired) electrons. The fourth-order valence-corrected chi connectivity index (χ4v) is 1.76. The lowest BCUT2D eigenvalue weighted by molar-refractivity contribution is -0.0687. The Morgan fingerprint density at radius 2 is 2.06 bits per heavy atom. The average Bonchev–Trinajstić information content (AvgIpc) is 2.79. The molecular weight excluding hydrogens is 276 g/mol. The Balaban J connectivity index is 1.98. The van der Waals surface area contributed by atoms with Crippen LogP contribution in [0.5, 0.6) is 11.5 Å². The van der Waals surface area contributed by atoms with Crippen LogP contribution in [0.25, 0.3) is 0 Å². The summed E-state index contributed by atoms with van der Waals surface area (Å²) in [5.41, 5.74) is 0. The highest BCUT2D eigenvalue weighted by atomic mass is 79.9. The molecule has 1 saturated heterocycles. The van der Waals surface area contributed by atoms with Gasteiger partial charge in [-0.15, -0.1) is 0 Å². The van der Waals surface area contributed by atoms with Crippen molar-refractivity contribution in [1.82, 2.24) is 0 Å². The van der Waals surface area contributed by atoms with Gasteiger partial charge in [0.05, 0.1) is 20.3 Å². The van der Waals surface area contributed by atoms with Crippen LogP contribution in [0.1, 0.15) is 0 Å². The van der Waals surface area contributed by atoms with Gasteiger partial charge < -0.3 is 18.9 Å². The van der Waals surface area contributed by atoms with Gasteiger partial charge in [0.1, 0.15) is 6.61 Å². The summed E-state index contributed by atoms with van der Waals surface area (Å²) in [5.74, 6) is 1.37. The van der Waals surface area contributed by atoms with Gasteiger partial charge in [-0.1, -0.05) is 15.9 Å². The molecule has 1 fully saturated rings. The van der Waals surface area contributed by atoms with Gasteiger partial charge in [0.15, 0.2) is 17.8 Å². The van der Waals surface area contributed by atoms with E-state index in [4.69, 9.17) is 18.9 Å². The lowest BCUT2D eigenvalue weighted by Gasteiger charge is -2.13. The molecule has 5 heteroatoms. The van der Waals surface area contributed by atoms with Crippen LogP contribution in [0.15, 0.2) is 22.7 Å². The SMILES string of the molecule is COc1ccc(Br)cc1OCC1OCCO1. The number of methoxy groups -OCH3 is 1. The Hall–Kier alpha value is -0.780. The Labute approximate surface area is 103 Å². The molecule has 0 amide bonds. The third-order valence-electron chi connectivity index (χ3n) is 2.19. The lowest BCUT2D eigenvalue weighted by atomic mass is 10.3. The van der Waals surface area contributed by atoms with Crippen LogP contribution in [0, 0.1) is 0 Å². The van der Waals surface area contributed by atoms with Gasteiger partial charge in [0.2, 0.25) is 0 Å². The van der Waals surface area contributed by atoms with E-state index in [2.05, 4.69) is 15.9 Å². The summed E-state index contributed by atoms with van der Waals surface area (Å²) in [6.45, 7) is 1.63. The van der Waals surface area contributed by atoms with Crippen LogP contribution in [0.4, 0.5) is 0 Å². The zero-order valence-electron chi connectivity index (χ0n) is 8.94. The third kappa shape index (κ3) is 2.87. The van der Waals surface area contributed by atoms with E-state index < -0.39 is 0 Å². The fraction of sp³-hybridized carbons (Fsp3) is 0.455. The van der Waals surface area contributed by atoms with Gasteiger partial charge in [0, 0.05) is 4.47 Å². The molecule has 0 aliphatic carbocycles. The van der Waals surface area contributed by atoms with Gasteiger partial charge in [-0.25, -0.2) is 0 Å². The molecule has 88 valence electrons. The maximum absolute atomic E-state index is 5.59. The Morgan fingerprint density at radius 1 is 1.31 bits per heavy atom. The molecule has 1 heterocycles. The second-order valence-corrected chi connectivity index (χ2v) is 4.19. The molecule has 0 spiro atoms. The van der Waals surface area contributed by atoms with E-state index in [9.17, 15) is 0 Å².